The largest absolute Gasteiger partial charge is 0.356 e. The van der Waals surface area contributed by atoms with Crippen LogP contribution in [0.5, 0.6) is 0 Å². The van der Waals surface area contributed by atoms with Crippen LogP contribution in [-0.2, 0) is 6.54 Å². The molecule has 0 radical (unpaired) electrons. The number of nitrogens with zero attached hydrogens (tertiary/aromatic N) is 1. The van der Waals surface area contributed by atoms with Gasteiger partial charge in [-0.1, -0.05) is 35.5 Å². The molecule has 0 bridgehead atoms. The fraction of sp³-hybridized carbons (Fsp3) is 0.0588. The number of nitrogens with one attached hydrogen (secondary N) is 2. The van der Waals surface area contributed by atoms with E-state index in [1.54, 1.807) is 6.07 Å². The van der Waals surface area contributed by atoms with Crippen LogP contribution in [0, 0.1) is 5.82 Å². The number of carbonyl (C=O) groups excluding carboxylic acids is 1. The number of urea groups is 1. The van der Waals surface area contributed by atoms with E-state index in [1.165, 1.54) is 24.3 Å². The summed E-state index contributed by atoms with van der Waals surface area (Å²) < 4.78 is 18.0. The molecular formula is C17H14FN3O2. The zero-order chi connectivity index (χ0) is 16.1. The fourth-order valence-electron chi connectivity index (χ4n) is 2.01. The maximum absolute atomic E-state index is 12.8. The molecule has 0 aliphatic heterocycles. The van der Waals surface area contributed by atoms with Gasteiger partial charge >= 0.3 is 6.03 Å². The minimum Gasteiger partial charge on any atom is -0.356 e. The van der Waals surface area contributed by atoms with E-state index >= 15 is 0 Å². The maximum atomic E-state index is 12.8. The highest BCUT2D eigenvalue weighted by molar-refractivity contribution is 5.89. The second-order valence-electron chi connectivity index (χ2n) is 4.86. The van der Waals surface area contributed by atoms with Gasteiger partial charge in [-0.15, -0.1) is 0 Å². The van der Waals surface area contributed by atoms with Crippen molar-refractivity contribution in [2.75, 3.05) is 5.32 Å². The molecule has 116 valence electrons. The Morgan fingerprint density at radius 1 is 1.09 bits per heavy atom. The predicted molar refractivity (Wildman–Crippen MR) is 84.2 cm³/mol. The zero-order valence-electron chi connectivity index (χ0n) is 12.1. The normalized spacial score (nSPS) is 10.3. The minimum absolute atomic E-state index is 0.226. The van der Waals surface area contributed by atoms with Crippen LogP contribution in [0.4, 0.5) is 14.9 Å². The highest BCUT2D eigenvalue weighted by atomic mass is 19.1. The summed E-state index contributed by atoms with van der Waals surface area (Å²) in [6, 6.07) is 16.5. The summed E-state index contributed by atoms with van der Waals surface area (Å²) >= 11 is 0. The average molecular weight is 311 g/mol. The van der Waals surface area contributed by atoms with Crippen LogP contribution in [-0.4, -0.2) is 11.2 Å². The summed E-state index contributed by atoms with van der Waals surface area (Å²) in [6.45, 7) is 0.226. The van der Waals surface area contributed by atoms with E-state index in [1.807, 2.05) is 30.3 Å². The summed E-state index contributed by atoms with van der Waals surface area (Å²) in [5.74, 6) is 0.285. The van der Waals surface area contributed by atoms with Crippen LogP contribution < -0.4 is 10.6 Å². The van der Waals surface area contributed by atoms with E-state index in [2.05, 4.69) is 15.8 Å². The quantitative estimate of drug-likeness (QED) is 0.770. The smallest absolute Gasteiger partial charge is 0.319 e. The van der Waals surface area contributed by atoms with E-state index < -0.39 is 6.03 Å². The molecule has 0 unspecified atom stereocenters. The second kappa shape index (κ2) is 6.74. The van der Waals surface area contributed by atoms with Crippen LogP contribution >= 0.6 is 0 Å². The van der Waals surface area contributed by atoms with Gasteiger partial charge in [0, 0.05) is 17.3 Å². The molecule has 5 nitrogen and oxygen atoms in total. The summed E-state index contributed by atoms with van der Waals surface area (Å²) in [5.41, 5.74) is 2.04. The number of hydrogen-bond acceptors (Lipinski definition) is 3. The molecule has 1 aromatic heterocycles. The van der Waals surface area contributed by atoms with E-state index in [-0.39, 0.29) is 12.4 Å². The molecule has 0 atom stereocenters. The van der Waals surface area contributed by atoms with Gasteiger partial charge in [-0.3, -0.25) is 0 Å². The molecular weight excluding hydrogens is 297 g/mol. The first-order valence-electron chi connectivity index (χ1n) is 7.02. The van der Waals surface area contributed by atoms with Crippen LogP contribution in [0.25, 0.3) is 11.3 Å². The molecule has 2 N–H and O–H groups in total. The van der Waals surface area contributed by atoms with Crippen LogP contribution in [0.2, 0.25) is 0 Å². The molecule has 0 spiro atoms. The number of amides is 2. The molecule has 2 aromatic carbocycles. The summed E-state index contributed by atoms with van der Waals surface area (Å²) in [4.78, 5) is 11.8. The summed E-state index contributed by atoms with van der Waals surface area (Å²) in [6.07, 6.45) is 0. The molecule has 3 aromatic rings. The van der Waals surface area contributed by atoms with Crippen LogP contribution in [0.3, 0.4) is 0 Å². The lowest BCUT2D eigenvalue weighted by atomic mass is 10.2. The van der Waals surface area contributed by atoms with E-state index in [9.17, 15) is 9.18 Å². The standard InChI is InChI=1S/C17H14FN3O2/c18-13-6-8-14(9-7-13)20-17(22)19-11-15-10-16(23-21-15)12-4-2-1-3-5-12/h1-10H,11H2,(H2,19,20,22). The van der Waals surface area contributed by atoms with Gasteiger partial charge in [0.1, 0.15) is 11.5 Å². The first-order valence-corrected chi connectivity index (χ1v) is 7.02. The lowest BCUT2D eigenvalue weighted by Gasteiger charge is -2.05. The van der Waals surface area contributed by atoms with Gasteiger partial charge in [-0.2, -0.15) is 0 Å². The van der Waals surface area contributed by atoms with Gasteiger partial charge < -0.3 is 15.2 Å². The van der Waals surface area contributed by atoms with Gasteiger partial charge in [0.05, 0.1) is 6.54 Å². The van der Waals surface area contributed by atoms with Crippen molar-refractivity contribution in [2.45, 2.75) is 6.54 Å². The third-order valence-corrected chi connectivity index (χ3v) is 3.15. The summed E-state index contributed by atoms with van der Waals surface area (Å²) in [5, 5.41) is 9.18. The first kappa shape index (κ1) is 14.8. The van der Waals surface area contributed by atoms with Crippen molar-refractivity contribution in [2.24, 2.45) is 0 Å². The molecule has 0 aliphatic rings. The Labute approximate surface area is 132 Å². The molecule has 3 rings (SSSR count). The monoisotopic (exact) mass is 311 g/mol. The van der Waals surface area contributed by atoms with Crippen molar-refractivity contribution in [3.05, 3.63) is 72.2 Å². The topological polar surface area (TPSA) is 67.2 Å². The molecule has 1 heterocycles. The Bertz CT molecular complexity index is 785. The average Bonchev–Trinajstić information content (AvgIpc) is 3.05. The number of hydrogen-bond donors (Lipinski definition) is 2. The molecule has 0 fully saturated rings. The molecule has 23 heavy (non-hydrogen) atoms. The van der Waals surface area contributed by atoms with Crippen molar-refractivity contribution >= 4 is 11.7 Å². The molecule has 0 saturated carbocycles. The van der Waals surface area contributed by atoms with E-state index in [4.69, 9.17) is 4.52 Å². The van der Waals surface area contributed by atoms with Crippen molar-refractivity contribution in [3.63, 3.8) is 0 Å². The maximum Gasteiger partial charge on any atom is 0.319 e. The summed E-state index contributed by atoms with van der Waals surface area (Å²) in [7, 11) is 0. The minimum atomic E-state index is -0.402. The molecule has 6 heteroatoms. The lowest BCUT2D eigenvalue weighted by Crippen LogP contribution is -2.28. The number of benzene rings is 2. The predicted octanol–water partition coefficient (Wildman–Crippen LogP) is 3.80. The van der Waals surface area contributed by atoms with Gasteiger partial charge in [0.25, 0.3) is 0 Å². The third-order valence-electron chi connectivity index (χ3n) is 3.15. The Hall–Kier alpha value is -3.15. The van der Waals surface area contributed by atoms with Gasteiger partial charge in [-0.05, 0) is 24.3 Å². The van der Waals surface area contributed by atoms with Crippen LogP contribution in [0.15, 0.2) is 65.2 Å². The Kier molecular flexibility index (Phi) is 4.33. The Morgan fingerprint density at radius 3 is 2.57 bits per heavy atom. The Balaban J connectivity index is 1.55. The SMILES string of the molecule is O=C(NCc1cc(-c2ccccc2)on1)Nc1ccc(F)cc1. The van der Waals surface area contributed by atoms with Gasteiger partial charge in [0.15, 0.2) is 5.76 Å². The molecule has 2 amide bonds. The molecule has 0 saturated heterocycles. The Morgan fingerprint density at radius 2 is 1.83 bits per heavy atom. The highest BCUT2D eigenvalue weighted by Gasteiger charge is 2.08. The van der Waals surface area contributed by atoms with Gasteiger partial charge in [0.2, 0.25) is 0 Å². The number of carbonyl (C=O) groups is 1. The number of rotatable bonds is 4. The zero-order valence-corrected chi connectivity index (χ0v) is 12.1. The fourth-order valence-corrected chi connectivity index (χ4v) is 2.01. The van der Waals surface area contributed by atoms with E-state index in [0.29, 0.717) is 17.1 Å². The first-order chi connectivity index (χ1) is 11.2. The number of aromatic nitrogens is 1. The van der Waals surface area contributed by atoms with Crippen molar-refractivity contribution in [1.29, 1.82) is 0 Å². The van der Waals surface area contributed by atoms with Crippen molar-refractivity contribution < 1.29 is 13.7 Å². The second-order valence-corrected chi connectivity index (χ2v) is 4.86. The number of halogens is 1. The lowest BCUT2D eigenvalue weighted by molar-refractivity contribution is 0.251. The van der Waals surface area contributed by atoms with Crippen molar-refractivity contribution in [3.8, 4) is 11.3 Å². The van der Waals surface area contributed by atoms with Gasteiger partial charge in [-0.25, -0.2) is 9.18 Å². The van der Waals surface area contributed by atoms with Crippen LogP contribution in [0.1, 0.15) is 5.69 Å². The molecule has 0 aliphatic carbocycles. The van der Waals surface area contributed by atoms with Crippen molar-refractivity contribution in [1.82, 2.24) is 10.5 Å². The highest BCUT2D eigenvalue weighted by Crippen LogP contribution is 2.19. The van der Waals surface area contributed by atoms with E-state index in [0.717, 1.165) is 5.56 Å². The third kappa shape index (κ3) is 3.94. The number of anilines is 1.